The molecule has 1 saturated heterocycles. The van der Waals surface area contributed by atoms with E-state index in [2.05, 4.69) is 0 Å². The lowest BCUT2D eigenvalue weighted by Gasteiger charge is -2.26. The third-order valence-corrected chi connectivity index (χ3v) is 6.07. The average molecular weight is 417 g/mol. The van der Waals surface area contributed by atoms with Crippen LogP contribution in [0.5, 0.6) is 0 Å². The smallest absolute Gasteiger partial charge is 0.261 e. The van der Waals surface area contributed by atoms with Crippen molar-refractivity contribution >= 4 is 40.9 Å². The molecule has 144 valence electrons. The van der Waals surface area contributed by atoms with Crippen LogP contribution in [0.25, 0.3) is 0 Å². The van der Waals surface area contributed by atoms with Crippen LogP contribution in [0.2, 0.25) is 10.0 Å². The van der Waals surface area contributed by atoms with Gasteiger partial charge in [-0.2, -0.15) is 0 Å². The minimum atomic E-state index is -0.337. The number of halogens is 2. The van der Waals surface area contributed by atoms with Crippen molar-refractivity contribution in [3.05, 3.63) is 69.2 Å². The fourth-order valence-electron chi connectivity index (χ4n) is 3.92. The van der Waals surface area contributed by atoms with E-state index in [-0.39, 0.29) is 36.7 Å². The molecule has 4 rings (SSSR count). The largest absolute Gasteiger partial charge is 0.336 e. The van der Waals surface area contributed by atoms with Crippen molar-refractivity contribution in [3.8, 4) is 0 Å². The molecule has 7 heteroatoms. The lowest BCUT2D eigenvalue weighted by atomic mass is 10.0. The third kappa shape index (κ3) is 3.29. The third-order valence-electron chi connectivity index (χ3n) is 5.33. The SMILES string of the molecule is O=C1c2ccccc2C(=O)N1CCC(=O)N1CCCC1c1ccc(Cl)c(Cl)c1. The summed E-state index contributed by atoms with van der Waals surface area (Å²) in [5.74, 6) is -0.753. The Morgan fingerprint density at radius 2 is 1.68 bits per heavy atom. The maximum atomic E-state index is 12.8. The molecule has 2 aliphatic rings. The zero-order chi connectivity index (χ0) is 19.8. The molecule has 0 bridgehead atoms. The van der Waals surface area contributed by atoms with Crippen LogP contribution in [0.1, 0.15) is 51.6 Å². The van der Waals surface area contributed by atoms with Crippen molar-refractivity contribution in [1.29, 1.82) is 0 Å². The number of fused-ring (bicyclic) bond motifs is 1. The Morgan fingerprint density at radius 3 is 2.32 bits per heavy atom. The van der Waals surface area contributed by atoms with Crippen molar-refractivity contribution in [2.75, 3.05) is 13.1 Å². The average Bonchev–Trinajstić information content (AvgIpc) is 3.27. The predicted molar refractivity (Wildman–Crippen MR) is 107 cm³/mol. The van der Waals surface area contributed by atoms with Crippen LogP contribution in [-0.2, 0) is 4.79 Å². The summed E-state index contributed by atoms with van der Waals surface area (Å²) in [6.45, 7) is 0.724. The molecule has 3 amide bonds. The molecule has 2 aromatic carbocycles. The number of rotatable bonds is 4. The Balaban J connectivity index is 1.44. The topological polar surface area (TPSA) is 57.7 Å². The molecular weight excluding hydrogens is 399 g/mol. The second-order valence-corrected chi connectivity index (χ2v) is 7.79. The fraction of sp³-hybridized carbons (Fsp3) is 0.286. The van der Waals surface area contributed by atoms with Gasteiger partial charge in [0.05, 0.1) is 27.2 Å². The number of amides is 3. The van der Waals surface area contributed by atoms with Crippen molar-refractivity contribution in [3.63, 3.8) is 0 Å². The number of imide groups is 1. The highest BCUT2D eigenvalue weighted by Gasteiger charge is 2.36. The maximum absolute atomic E-state index is 12.8. The fourth-order valence-corrected chi connectivity index (χ4v) is 4.23. The van der Waals surface area contributed by atoms with Gasteiger partial charge in [-0.05, 0) is 42.7 Å². The van der Waals surface area contributed by atoms with Gasteiger partial charge >= 0.3 is 0 Å². The first-order valence-corrected chi connectivity index (χ1v) is 9.92. The molecule has 2 aromatic rings. The van der Waals surface area contributed by atoms with Gasteiger partial charge in [-0.25, -0.2) is 0 Å². The van der Waals surface area contributed by atoms with E-state index >= 15 is 0 Å². The minimum absolute atomic E-state index is 0.0653. The van der Waals surface area contributed by atoms with Crippen molar-refractivity contribution in [2.45, 2.75) is 25.3 Å². The van der Waals surface area contributed by atoms with Gasteiger partial charge in [0.1, 0.15) is 0 Å². The Labute approximate surface area is 172 Å². The second kappa shape index (κ2) is 7.57. The van der Waals surface area contributed by atoms with Gasteiger partial charge in [-0.3, -0.25) is 19.3 Å². The van der Waals surface area contributed by atoms with Gasteiger partial charge in [0.25, 0.3) is 11.8 Å². The van der Waals surface area contributed by atoms with Crippen LogP contribution in [-0.4, -0.2) is 40.6 Å². The lowest BCUT2D eigenvalue weighted by molar-refractivity contribution is -0.132. The number of likely N-dealkylation sites (tertiary alicyclic amines) is 1. The van der Waals surface area contributed by atoms with E-state index in [1.165, 1.54) is 0 Å². The van der Waals surface area contributed by atoms with Crippen molar-refractivity contribution in [2.24, 2.45) is 0 Å². The van der Waals surface area contributed by atoms with E-state index in [0.717, 1.165) is 23.3 Å². The van der Waals surface area contributed by atoms with Gasteiger partial charge in [0, 0.05) is 19.5 Å². The predicted octanol–water partition coefficient (Wildman–Crippen LogP) is 4.34. The Bertz CT molecular complexity index is 941. The lowest BCUT2D eigenvalue weighted by Crippen LogP contribution is -2.36. The molecule has 0 aliphatic carbocycles. The zero-order valence-corrected chi connectivity index (χ0v) is 16.5. The molecule has 0 aromatic heterocycles. The van der Waals surface area contributed by atoms with Crippen LogP contribution < -0.4 is 0 Å². The van der Waals surface area contributed by atoms with E-state index in [0.29, 0.717) is 27.7 Å². The highest BCUT2D eigenvalue weighted by atomic mass is 35.5. The molecule has 2 heterocycles. The highest BCUT2D eigenvalue weighted by molar-refractivity contribution is 6.42. The van der Waals surface area contributed by atoms with Gasteiger partial charge in [-0.15, -0.1) is 0 Å². The number of hydrogen-bond donors (Lipinski definition) is 0. The molecule has 5 nitrogen and oxygen atoms in total. The van der Waals surface area contributed by atoms with Crippen LogP contribution in [0, 0.1) is 0 Å². The van der Waals surface area contributed by atoms with Crippen LogP contribution in [0.15, 0.2) is 42.5 Å². The number of carbonyl (C=O) groups is 3. The van der Waals surface area contributed by atoms with Gasteiger partial charge in [0.15, 0.2) is 0 Å². The van der Waals surface area contributed by atoms with E-state index in [1.54, 1.807) is 41.3 Å². The van der Waals surface area contributed by atoms with E-state index in [4.69, 9.17) is 23.2 Å². The summed E-state index contributed by atoms with van der Waals surface area (Å²) in [5, 5.41) is 0.941. The molecule has 2 aliphatic heterocycles. The first kappa shape index (κ1) is 19.0. The summed E-state index contributed by atoms with van der Waals surface area (Å²) >= 11 is 12.1. The molecule has 1 fully saturated rings. The number of hydrogen-bond acceptors (Lipinski definition) is 3. The maximum Gasteiger partial charge on any atom is 0.261 e. The molecular formula is C21H18Cl2N2O3. The van der Waals surface area contributed by atoms with Crippen LogP contribution in [0.3, 0.4) is 0 Å². The monoisotopic (exact) mass is 416 g/mol. The van der Waals surface area contributed by atoms with E-state index < -0.39 is 0 Å². The molecule has 1 atom stereocenters. The molecule has 0 spiro atoms. The summed E-state index contributed by atoms with van der Waals surface area (Å²) in [7, 11) is 0. The Kier molecular flexibility index (Phi) is 5.13. The van der Waals surface area contributed by atoms with Crippen LogP contribution in [0.4, 0.5) is 0 Å². The van der Waals surface area contributed by atoms with Crippen molar-refractivity contribution < 1.29 is 14.4 Å². The summed E-state index contributed by atoms with van der Waals surface area (Å²) in [6, 6.07) is 12.1. The summed E-state index contributed by atoms with van der Waals surface area (Å²) in [4.78, 5) is 40.7. The highest BCUT2D eigenvalue weighted by Crippen LogP contribution is 2.35. The van der Waals surface area contributed by atoms with Gasteiger partial charge < -0.3 is 4.90 Å². The summed E-state index contributed by atoms with van der Waals surface area (Å²) in [6.07, 6.45) is 1.84. The quantitative estimate of drug-likeness (QED) is 0.696. The second-order valence-electron chi connectivity index (χ2n) is 6.98. The van der Waals surface area contributed by atoms with Gasteiger partial charge in [0.2, 0.25) is 5.91 Å². The normalized spacial score (nSPS) is 18.7. The number of benzene rings is 2. The van der Waals surface area contributed by atoms with E-state index in [9.17, 15) is 14.4 Å². The summed E-state index contributed by atoms with van der Waals surface area (Å²) in [5.41, 5.74) is 1.74. The van der Waals surface area contributed by atoms with Crippen molar-refractivity contribution in [1.82, 2.24) is 9.80 Å². The zero-order valence-electron chi connectivity index (χ0n) is 15.0. The Hall–Kier alpha value is -2.37. The molecule has 1 unspecified atom stereocenters. The molecule has 0 N–H and O–H groups in total. The molecule has 0 saturated carbocycles. The molecule has 28 heavy (non-hydrogen) atoms. The Morgan fingerprint density at radius 1 is 1.00 bits per heavy atom. The van der Waals surface area contributed by atoms with Crippen LogP contribution >= 0.6 is 23.2 Å². The molecule has 0 radical (unpaired) electrons. The first-order valence-electron chi connectivity index (χ1n) is 9.17. The summed E-state index contributed by atoms with van der Waals surface area (Å²) < 4.78 is 0. The van der Waals surface area contributed by atoms with Gasteiger partial charge in [-0.1, -0.05) is 41.4 Å². The number of carbonyl (C=O) groups excluding carboxylic acids is 3. The minimum Gasteiger partial charge on any atom is -0.336 e. The van der Waals surface area contributed by atoms with E-state index in [1.807, 2.05) is 6.07 Å². The first-order chi connectivity index (χ1) is 13.5. The number of nitrogens with zero attached hydrogens (tertiary/aromatic N) is 2. The standard InChI is InChI=1S/C21H18Cl2N2O3/c22-16-8-7-13(12-17(16)23)18-6-3-10-24(18)19(26)9-11-25-20(27)14-4-1-2-5-15(14)21(25)28/h1-2,4-5,7-8,12,18H,3,6,9-11H2.